The van der Waals surface area contributed by atoms with E-state index in [9.17, 15) is 4.79 Å². The number of aromatic nitrogens is 3. The van der Waals surface area contributed by atoms with E-state index in [1.54, 1.807) is 12.7 Å². The van der Waals surface area contributed by atoms with Gasteiger partial charge in [-0.2, -0.15) is 0 Å². The minimum Gasteiger partial charge on any atom is -0.342 e. The van der Waals surface area contributed by atoms with Crippen molar-refractivity contribution in [3.05, 3.63) is 24.3 Å². The van der Waals surface area contributed by atoms with Crippen LogP contribution in [0.25, 0.3) is 0 Å². The third-order valence-electron chi connectivity index (χ3n) is 4.19. The molecule has 3 rings (SSSR count). The Morgan fingerprint density at radius 1 is 1.26 bits per heavy atom. The Morgan fingerprint density at radius 3 is 2.63 bits per heavy atom. The Labute approximate surface area is 113 Å². The summed E-state index contributed by atoms with van der Waals surface area (Å²) < 4.78 is 2.06. The summed E-state index contributed by atoms with van der Waals surface area (Å²) in [5.41, 5.74) is 1.34. The van der Waals surface area contributed by atoms with Gasteiger partial charge in [0.1, 0.15) is 12.7 Å². The molecule has 102 valence electrons. The summed E-state index contributed by atoms with van der Waals surface area (Å²) in [5, 5.41) is 7.69. The van der Waals surface area contributed by atoms with Gasteiger partial charge in [-0.05, 0) is 32.1 Å². The van der Waals surface area contributed by atoms with Gasteiger partial charge in [0.15, 0.2) is 0 Å². The van der Waals surface area contributed by atoms with Crippen LogP contribution >= 0.6 is 0 Å². The average molecular weight is 260 g/mol. The van der Waals surface area contributed by atoms with Gasteiger partial charge < -0.3 is 9.47 Å². The topological polar surface area (TPSA) is 51.0 Å². The van der Waals surface area contributed by atoms with Crippen LogP contribution in [-0.4, -0.2) is 38.7 Å². The van der Waals surface area contributed by atoms with E-state index in [0.717, 1.165) is 38.8 Å². The Balaban J connectivity index is 1.50. The van der Waals surface area contributed by atoms with Crippen LogP contribution in [0.4, 0.5) is 0 Å². The standard InChI is InChI=1S/C14H20N4O/c19-14(9-12-3-1-2-4-12)17-7-5-13(6-8-17)18-10-15-16-11-18/h3,10-11,13H,1-2,4-9H2. The average Bonchev–Trinajstić information content (AvgIpc) is 3.12. The fourth-order valence-corrected chi connectivity index (χ4v) is 3.01. The summed E-state index contributed by atoms with van der Waals surface area (Å²) >= 11 is 0. The van der Waals surface area contributed by atoms with Crippen LogP contribution in [0.2, 0.25) is 0 Å². The summed E-state index contributed by atoms with van der Waals surface area (Å²) in [5.74, 6) is 0.301. The van der Waals surface area contributed by atoms with Gasteiger partial charge >= 0.3 is 0 Å². The van der Waals surface area contributed by atoms with Crippen LogP contribution in [0, 0.1) is 0 Å². The number of rotatable bonds is 3. The molecule has 2 aliphatic rings. The molecule has 1 aromatic rings. The molecule has 0 radical (unpaired) electrons. The van der Waals surface area contributed by atoms with Crippen LogP contribution in [0.5, 0.6) is 0 Å². The number of hydrogen-bond donors (Lipinski definition) is 0. The maximum absolute atomic E-state index is 12.2. The van der Waals surface area contributed by atoms with Crippen LogP contribution in [0.15, 0.2) is 24.3 Å². The molecule has 0 atom stereocenters. The van der Waals surface area contributed by atoms with Gasteiger partial charge in [0.05, 0.1) is 0 Å². The molecule has 0 N–H and O–H groups in total. The highest BCUT2D eigenvalue weighted by Crippen LogP contribution is 2.25. The molecule has 0 spiro atoms. The highest BCUT2D eigenvalue weighted by molar-refractivity contribution is 5.78. The molecule has 5 heteroatoms. The number of nitrogens with zero attached hydrogens (tertiary/aromatic N) is 4. The predicted molar refractivity (Wildman–Crippen MR) is 71.4 cm³/mol. The first-order valence-corrected chi connectivity index (χ1v) is 7.13. The molecule has 1 aromatic heterocycles. The summed E-state index contributed by atoms with van der Waals surface area (Å²) in [4.78, 5) is 14.2. The summed E-state index contributed by atoms with van der Waals surface area (Å²) in [6.45, 7) is 1.71. The molecule has 0 bridgehead atoms. The van der Waals surface area contributed by atoms with Crippen molar-refractivity contribution in [2.75, 3.05) is 13.1 Å². The molecule has 1 fully saturated rings. The minimum absolute atomic E-state index is 0.301. The van der Waals surface area contributed by atoms with Crippen molar-refractivity contribution in [2.24, 2.45) is 0 Å². The molecule has 2 heterocycles. The first kappa shape index (κ1) is 12.4. The van der Waals surface area contributed by atoms with Crippen molar-refractivity contribution in [2.45, 2.75) is 44.6 Å². The van der Waals surface area contributed by atoms with E-state index in [1.807, 2.05) is 4.90 Å². The predicted octanol–water partition coefficient (Wildman–Crippen LogP) is 1.94. The van der Waals surface area contributed by atoms with Crippen LogP contribution in [0.1, 0.15) is 44.6 Å². The monoisotopic (exact) mass is 260 g/mol. The molecule has 0 aromatic carbocycles. The lowest BCUT2D eigenvalue weighted by molar-refractivity contribution is -0.131. The zero-order valence-corrected chi connectivity index (χ0v) is 11.2. The third-order valence-corrected chi connectivity index (χ3v) is 4.19. The van der Waals surface area contributed by atoms with Gasteiger partial charge in [0.2, 0.25) is 5.91 Å². The molecule has 0 unspecified atom stereocenters. The highest BCUT2D eigenvalue weighted by atomic mass is 16.2. The number of hydrogen-bond acceptors (Lipinski definition) is 3. The number of piperidine rings is 1. The smallest absolute Gasteiger partial charge is 0.226 e. The van der Waals surface area contributed by atoms with Gasteiger partial charge in [-0.15, -0.1) is 10.2 Å². The van der Waals surface area contributed by atoms with Crippen molar-refractivity contribution in [1.29, 1.82) is 0 Å². The molecule has 0 saturated carbocycles. The van der Waals surface area contributed by atoms with E-state index in [2.05, 4.69) is 20.8 Å². The Kier molecular flexibility index (Phi) is 3.62. The van der Waals surface area contributed by atoms with Gasteiger partial charge in [0, 0.05) is 25.6 Å². The molecular formula is C14H20N4O. The zero-order chi connectivity index (χ0) is 13.1. The van der Waals surface area contributed by atoms with Crippen molar-refractivity contribution in [3.63, 3.8) is 0 Å². The molecule has 1 aliphatic heterocycles. The minimum atomic E-state index is 0.301. The second-order valence-corrected chi connectivity index (χ2v) is 5.45. The third kappa shape index (κ3) is 2.85. The van der Waals surface area contributed by atoms with Crippen molar-refractivity contribution in [3.8, 4) is 0 Å². The van der Waals surface area contributed by atoms with Crippen LogP contribution in [-0.2, 0) is 4.79 Å². The van der Waals surface area contributed by atoms with Gasteiger partial charge in [-0.1, -0.05) is 11.6 Å². The summed E-state index contributed by atoms with van der Waals surface area (Å²) in [6, 6.07) is 0.449. The highest BCUT2D eigenvalue weighted by Gasteiger charge is 2.24. The molecule has 1 aliphatic carbocycles. The number of carbonyl (C=O) groups is 1. The maximum atomic E-state index is 12.2. The number of carbonyl (C=O) groups excluding carboxylic acids is 1. The zero-order valence-electron chi connectivity index (χ0n) is 11.2. The van der Waals surface area contributed by atoms with E-state index >= 15 is 0 Å². The van der Waals surface area contributed by atoms with E-state index in [0.29, 0.717) is 18.4 Å². The Morgan fingerprint density at radius 2 is 2.00 bits per heavy atom. The SMILES string of the molecule is O=C(CC1=CCCC1)N1CCC(n2cnnc2)CC1. The summed E-state index contributed by atoms with van der Waals surface area (Å²) in [6.07, 6.45) is 11.9. The van der Waals surface area contributed by atoms with E-state index in [-0.39, 0.29) is 0 Å². The van der Waals surface area contributed by atoms with E-state index in [4.69, 9.17) is 0 Å². The number of allylic oxidation sites excluding steroid dienone is 1. The van der Waals surface area contributed by atoms with Gasteiger partial charge in [-0.3, -0.25) is 4.79 Å². The van der Waals surface area contributed by atoms with Crippen molar-refractivity contribution in [1.82, 2.24) is 19.7 Å². The largest absolute Gasteiger partial charge is 0.342 e. The first-order valence-electron chi connectivity index (χ1n) is 7.13. The van der Waals surface area contributed by atoms with E-state index < -0.39 is 0 Å². The second kappa shape index (κ2) is 5.55. The number of amides is 1. The Hall–Kier alpha value is -1.65. The van der Waals surface area contributed by atoms with Gasteiger partial charge in [-0.25, -0.2) is 0 Å². The van der Waals surface area contributed by atoms with Crippen LogP contribution < -0.4 is 0 Å². The molecule has 1 saturated heterocycles. The fraction of sp³-hybridized carbons (Fsp3) is 0.643. The molecule has 1 amide bonds. The fourth-order valence-electron chi connectivity index (χ4n) is 3.01. The van der Waals surface area contributed by atoms with Gasteiger partial charge in [0.25, 0.3) is 0 Å². The quantitative estimate of drug-likeness (QED) is 0.780. The van der Waals surface area contributed by atoms with Crippen LogP contribution in [0.3, 0.4) is 0 Å². The van der Waals surface area contributed by atoms with Crippen molar-refractivity contribution < 1.29 is 4.79 Å². The number of likely N-dealkylation sites (tertiary alicyclic amines) is 1. The summed E-state index contributed by atoms with van der Waals surface area (Å²) in [7, 11) is 0. The van der Waals surface area contributed by atoms with E-state index in [1.165, 1.54) is 12.0 Å². The first-order chi connectivity index (χ1) is 9.33. The second-order valence-electron chi connectivity index (χ2n) is 5.45. The molecular weight excluding hydrogens is 240 g/mol. The lowest BCUT2D eigenvalue weighted by atomic mass is 10.0. The molecule has 19 heavy (non-hydrogen) atoms. The Bertz CT molecular complexity index is 458. The van der Waals surface area contributed by atoms with Crippen molar-refractivity contribution >= 4 is 5.91 Å². The lowest BCUT2D eigenvalue weighted by Gasteiger charge is -2.32. The molecule has 5 nitrogen and oxygen atoms in total. The lowest BCUT2D eigenvalue weighted by Crippen LogP contribution is -2.38. The normalized spacial score (nSPS) is 20.6. The maximum Gasteiger partial charge on any atom is 0.226 e.